The monoisotopic (exact) mass is 365 g/mol. The van der Waals surface area contributed by atoms with E-state index < -0.39 is 29.4 Å². The van der Waals surface area contributed by atoms with E-state index in [0.717, 1.165) is 0 Å². The van der Waals surface area contributed by atoms with Crippen LogP contribution in [0.15, 0.2) is 65.7 Å². The zero-order valence-corrected chi connectivity index (χ0v) is 14.6. The minimum absolute atomic E-state index is 0.305. The molecule has 5 N–H and O–H groups in total. The number of imide groups is 3. The van der Waals surface area contributed by atoms with E-state index in [1.54, 1.807) is 60.7 Å². The van der Waals surface area contributed by atoms with E-state index in [1.807, 2.05) is 0 Å². The zero-order valence-electron chi connectivity index (χ0n) is 14.6. The van der Waals surface area contributed by atoms with Gasteiger partial charge in [-0.25, -0.2) is 9.79 Å². The number of hydrogen-bond acceptors (Lipinski definition) is 4. The first-order chi connectivity index (χ1) is 12.9. The van der Waals surface area contributed by atoms with Crippen molar-refractivity contribution in [1.29, 1.82) is 0 Å². The van der Waals surface area contributed by atoms with Gasteiger partial charge in [0.2, 0.25) is 0 Å². The third kappa shape index (κ3) is 3.01. The van der Waals surface area contributed by atoms with Crippen LogP contribution in [0, 0.1) is 0 Å². The molecule has 2 aromatic rings. The first kappa shape index (κ1) is 18.1. The molecule has 4 amide bonds. The van der Waals surface area contributed by atoms with Gasteiger partial charge in [-0.1, -0.05) is 60.7 Å². The van der Waals surface area contributed by atoms with Gasteiger partial charge in [-0.15, -0.1) is 0 Å². The molecule has 0 bridgehead atoms. The van der Waals surface area contributed by atoms with Crippen molar-refractivity contribution in [1.82, 2.24) is 10.2 Å². The summed E-state index contributed by atoms with van der Waals surface area (Å²) in [6, 6.07) is 15.6. The number of guanidine groups is 1. The maximum Gasteiger partial charge on any atom is 0.332 e. The summed E-state index contributed by atoms with van der Waals surface area (Å²) in [5, 5.41) is 2.69. The number of nitrogens with two attached hydrogens (primary N) is 2. The van der Waals surface area contributed by atoms with Gasteiger partial charge < -0.3 is 16.8 Å². The topological polar surface area (TPSA) is 131 Å². The van der Waals surface area contributed by atoms with Crippen LogP contribution in [0.4, 0.5) is 4.79 Å². The van der Waals surface area contributed by atoms with Crippen molar-refractivity contribution in [2.75, 3.05) is 0 Å². The molecule has 0 radical (unpaired) electrons. The molecule has 1 atom stereocenters. The Labute approximate surface area is 155 Å². The van der Waals surface area contributed by atoms with Crippen molar-refractivity contribution in [2.45, 2.75) is 18.5 Å². The first-order valence-electron chi connectivity index (χ1n) is 8.28. The number of benzene rings is 2. The highest BCUT2D eigenvalue weighted by atomic mass is 16.2. The van der Waals surface area contributed by atoms with E-state index in [0.29, 0.717) is 16.0 Å². The average molecular weight is 365 g/mol. The highest BCUT2D eigenvalue weighted by molar-refractivity contribution is 6.20. The maximum atomic E-state index is 13.4. The van der Waals surface area contributed by atoms with Crippen molar-refractivity contribution in [3.05, 3.63) is 71.8 Å². The summed E-state index contributed by atoms with van der Waals surface area (Å²) >= 11 is 0. The summed E-state index contributed by atoms with van der Waals surface area (Å²) in [7, 11) is 0. The molecule has 3 rings (SSSR count). The van der Waals surface area contributed by atoms with Crippen molar-refractivity contribution in [3.63, 3.8) is 0 Å². The standard InChI is InChI=1S/C19H19N5O3/c1-12(22-17(20)21)15(25)24-16(26)19(23-18(24)27,13-8-4-2-5-9-13)14-10-6-3-7-11-14/h2-12H,1H3,(H,23,27)(H4,20,21,22)/t12-/m0/s1. The third-order valence-electron chi connectivity index (χ3n) is 4.36. The van der Waals surface area contributed by atoms with Crippen LogP contribution in [-0.2, 0) is 15.1 Å². The molecule has 2 aromatic carbocycles. The molecule has 0 unspecified atom stereocenters. The second-order valence-corrected chi connectivity index (χ2v) is 6.12. The molecular weight excluding hydrogens is 346 g/mol. The van der Waals surface area contributed by atoms with Gasteiger partial charge in [0.1, 0.15) is 6.04 Å². The normalized spacial score (nSPS) is 16.6. The quantitative estimate of drug-likeness (QED) is 0.416. The number of nitrogens with one attached hydrogen (secondary N) is 1. The molecular formula is C19H19N5O3. The minimum atomic E-state index is -1.51. The SMILES string of the molecule is C[C@H](N=C(N)N)C(=O)N1C(=O)NC(c2ccccc2)(c2ccccc2)C1=O. The molecule has 1 saturated heterocycles. The number of carbonyl (C=O) groups excluding carboxylic acids is 3. The van der Waals surface area contributed by atoms with Crippen molar-refractivity contribution < 1.29 is 14.4 Å². The predicted octanol–water partition coefficient (Wildman–Crippen LogP) is 0.671. The average Bonchev–Trinajstić information content (AvgIpc) is 2.93. The van der Waals surface area contributed by atoms with E-state index in [4.69, 9.17) is 11.5 Å². The van der Waals surface area contributed by atoms with Crippen LogP contribution in [0.1, 0.15) is 18.1 Å². The number of nitrogens with zero attached hydrogens (tertiary/aromatic N) is 2. The highest BCUT2D eigenvalue weighted by Crippen LogP contribution is 2.36. The Morgan fingerprint density at radius 2 is 1.48 bits per heavy atom. The summed E-state index contributed by atoms with van der Waals surface area (Å²) in [4.78, 5) is 43.0. The number of hydrogen-bond donors (Lipinski definition) is 3. The number of aliphatic imine (C=N–C) groups is 1. The van der Waals surface area contributed by atoms with Crippen molar-refractivity contribution >= 4 is 23.8 Å². The molecule has 1 heterocycles. The lowest BCUT2D eigenvalue weighted by Crippen LogP contribution is -2.47. The van der Waals surface area contributed by atoms with E-state index in [-0.39, 0.29) is 5.96 Å². The molecule has 27 heavy (non-hydrogen) atoms. The Morgan fingerprint density at radius 1 is 1.00 bits per heavy atom. The van der Waals surface area contributed by atoms with Crippen LogP contribution in [0.5, 0.6) is 0 Å². The summed E-state index contributed by atoms with van der Waals surface area (Å²) < 4.78 is 0. The van der Waals surface area contributed by atoms with Gasteiger partial charge in [0.05, 0.1) is 0 Å². The lowest BCUT2D eigenvalue weighted by Gasteiger charge is -2.27. The number of carbonyl (C=O) groups is 3. The van der Waals surface area contributed by atoms with Crippen LogP contribution >= 0.6 is 0 Å². The van der Waals surface area contributed by atoms with Gasteiger partial charge in [-0.3, -0.25) is 9.59 Å². The van der Waals surface area contributed by atoms with Gasteiger partial charge in [0, 0.05) is 0 Å². The molecule has 8 nitrogen and oxygen atoms in total. The molecule has 1 fully saturated rings. The number of rotatable bonds is 4. The molecule has 138 valence electrons. The van der Waals surface area contributed by atoms with E-state index in [9.17, 15) is 14.4 Å². The van der Waals surface area contributed by atoms with E-state index >= 15 is 0 Å². The number of amides is 4. The summed E-state index contributed by atoms with van der Waals surface area (Å²) in [5.41, 5.74) is 10.2. The first-order valence-corrected chi connectivity index (χ1v) is 8.28. The summed E-state index contributed by atoms with van der Waals surface area (Å²) in [5.74, 6) is -1.81. The minimum Gasteiger partial charge on any atom is -0.370 e. The zero-order chi connectivity index (χ0) is 19.6. The van der Waals surface area contributed by atoms with Crippen LogP contribution < -0.4 is 16.8 Å². The Bertz CT molecular complexity index is 868. The molecule has 8 heteroatoms. The fraction of sp³-hybridized carbons (Fsp3) is 0.158. The molecule has 1 aliphatic rings. The van der Waals surface area contributed by atoms with Crippen LogP contribution in [0.2, 0.25) is 0 Å². The predicted molar refractivity (Wildman–Crippen MR) is 99.3 cm³/mol. The molecule has 1 aliphatic heterocycles. The lowest BCUT2D eigenvalue weighted by atomic mass is 9.82. The second kappa shape index (κ2) is 6.91. The lowest BCUT2D eigenvalue weighted by molar-refractivity contribution is -0.141. The van der Waals surface area contributed by atoms with Crippen LogP contribution in [-0.4, -0.2) is 34.7 Å². The third-order valence-corrected chi connectivity index (χ3v) is 4.36. The maximum absolute atomic E-state index is 13.4. The Morgan fingerprint density at radius 3 is 1.93 bits per heavy atom. The highest BCUT2D eigenvalue weighted by Gasteiger charge is 2.56. The van der Waals surface area contributed by atoms with Crippen molar-refractivity contribution in [3.8, 4) is 0 Å². The van der Waals surface area contributed by atoms with Gasteiger partial charge in [-0.05, 0) is 18.1 Å². The van der Waals surface area contributed by atoms with Crippen molar-refractivity contribution in [2.24, 2.45) is 16.5 Å². The fourth-order valence-corrected chi connectivity index (χ4v) is 3.13. The molecule has 0 spiro atoms. The molecule has 0 saturated carbocycles. The molecule has 0 aliphatic carbocycles. The Hall–Kier alpha value is -3.68. The van der Waals surface area contributed by atoms with Gasteiger partial charge in [0.15, 0.2) is 11.5 Å². The largest absolute Gasteiger partial charge is 0.370 e. The Kier molecular flexibility index (Phi) is 4.64. The summed E-state index contributed by atoms with van der Waals surface area (Å²) in [6.45, 7) is 1.41. The van der Waals surface area contributed by atoms with Crippen LogP contribution in [0.25, 0.3) is 0 Å². The van der Waals surface area contributed by atoms with E-state index in [1.165, 1.54) is 6.92 Å². The van der Waals surface area contributed by atoms with Gasteiger partial charge >= 0.3 is 6.03 Å². The Balaban J connectivity index is 2.12. The van der Waals surface area contributed by atoms with Gasteiger partial charge in [0.25, 0.3) is 11.8 Å². The smallest absolute Gasteiger partial charge is 0.332 e. The molecule has 0 aromatic heterocycles. The van der Waals surface area contributed by atoms with E-state index in [2.05, 4.69) is 10.3 Å². The van der Waals surface area contributed by atoms with Crippen LogP contribution in [0.3, 0.4) is 0 Å². The fourth-order valence-electron chi connectivity index (χ4n) is 3.13. The summed E-state index contributed by atoms with van der Waals surface area (Å²) in [6.07, 6.45) is 0. The number of urea groups is 1. The second-order valence-electron chi connectivity index (χ2n) is 6.12. The van der Waals surface area contributed by atoms with Gasteiger partial charge in [-0.2, -0.15) is 4.90 Å².